The Bertz CT molecular complexity index is 886. The van der Waals surface area contributed by atoms with Crippen LogP contribution in [0.2, 0.25) is 0 Å². The molecule has 3 rings (SSSR count). The second-order valence-corrected chi connectivity index (χ2v) is 6.88. The van der Waals surface area contributed by atoms with Crippen LogP contribution in [-0.2, 0) is 4.79 Å². The summed E-state index contributed by atoms with van der Waals surface area (Å²) in [5.74, 6) is 0.855. The molecule has 0 aliphatic rings. The largest absolute Gasteiger partial charge is 0.481 e. The molecule has 1 atom stereocenters. The Balaban J connectivity index is 1.65. The molecular weight excluding hydrogens is 334 g/mol. The van der Waals surface area contributed by atoms with Gasteiger partial charge >= 0.3 is 0 Å². The lowest BCUT2D eigenvalue weighted by atomic mass is 10.0. The van der Waals surface area contributed by atoms with Crippen LogP contribution >= 0.6 is 0 Å². The van der Waals surface area contributed by atoms with Gasteiger partial charge in [0.05, 0.1) is 0 Å². The van der Waals surface area contributed by atoms with Gasteiger partial charge in [-0.1, -0.05) is 74.5 Å². The third kappa shape index (κ3) is 4.76. The Hall–Kier alpha value is -3.07. The Morgan fingerprint density at radius 3 is 2.04 bits per heavy atom. The van der Waals surface area contributed by atoms with Crippen molar-refractivity contribution in [3.05, 3.63) is 84.4 Å². The van der Waals surface area contributed by atoms with E-state index in [2.05, 4.69) is 31.3 Å². The first-order valence-electron chi connectivity index (χ1n) is 9.26. The van der Waals surface area contributed by atoms with Crippen molar-refractivity contribution in [3.63, 3.8) is 0 Å². The number of benzene rings is 3. The van der Waals surface area contributed by atoms with Crippen LogP contribution in [0.4, 0.5) is 5.69 Å². The Kier molecular flexibility index (Phi) is 5.92. The zero-order chi connectivity index (χ0) is 19.2. The summed E-state index contributed by atoms with van der Waals surface area (Å²) < 4.78 is 5.83. The van der Waals surface area contributed by atoms with Gasteiger partial charge in [0.2, 0.25) is 0 Å². The second-order valence-electron chi connectivity index (χ2n) is 6.88. The third-order valence-electron chi connectivity index (χ3n) is 4.48. The Morgan fingerprint density at radius 2 is 1.37 bits per heavy atom. The molecule has 1 unspecified atom stereocenters. The number of carbonyl (C=O) groups is 1. The van der Waals surface area contributed by atoms with Gasteiger partial charge in [-0.05, 0) is 47.7 Å². The van der Waals surface area contributed by atoms with E-state index in [0.29, 0.717) is 11.7 Å². The summed E-state index contributed by atoms with van der Waals surface area (Å²) in [4.78, 5) is 12.5. The van der Waals surface area contributed by atoms with Gasteiger partial charge in [0.1, 0.15) is 5.75 Å². The first-order valence-corrected chi connectivity index (χ1v) is 9.26. The maximum absolute atomic E-state index is 12.5. The van der Waals surface area contributed by atoms with Gasteiger partial charge < -0.3 is 10.1 Å². The minimum absolute atomic E-state index is 0.157. The zero-order valence-corrected chi connectivity index (χ0v) is 16.0. The molecule has 1 amide bonds. The molecule has 1 N–H and O–H groups in total. The first kappa shape index (κ1) is 18.7. The number of rotatable bonds is 6. The molecular formula is C24H25NO2. The van der Waals surface area contributed by atoms with E-state index in [1.165, 1.54) is 0 Å². The van der Waals surface area contributed by atoms with Crippen LogP contribution in [0.25, 0.3) is 11.1 Å². The molecule has 0 saturated carbocycles. The summed E-state index contributed by atoms with van der Waals surface area (Å²) in [7, 11) is 0. The zero-order valence-electron chi connectivity index (χ0n) is 16.0. The van der Waals surface area contributed by atoms with Crippen molar-refractivity contribution in [2.45, 2.75) is 32.8 Å². The van der Waals surface area contributed by atoms with E-state index >= 15 is 0 Å². The molecule has 0 aromatic heterocycles. The van der Waals surface area contributed by atoms with E-state index in [9.17, 15) is 4.79 Å². The second kappa shape index (κ2) is 8.54. The molecule has 3 aromatic carbocycles. The number of hydrogen-bond acceptors (Lipinski definition) is 2. The third-order valence-corrected chi connectivity index (χ3v) is 4.48. The van der Waals surface area contributed by atoms with Crippen LogP contribution in [0.3, 0.4) is 0 Å². The number of amides is 1. The predicted octanol–water partition coefficient (Wildman–Crippen LogP) is 5.88. The van der Waals surface area contributed by atoms with E-state index in [0.717, 1.165) is 22.4 Å². The quantitative estimate of drug-likeness (QED) is 0.596. The van der Waals surface area contributed by atoms with Crippen LogP contribution < -0.4 is 10.1 Å². The highest BCUT2D eigenvalue weighted by molar-refractivity contribution is 5.94. The fourth-order valence-electron chi connectivity index (χ4n) is 2.96. The summed E-state index contributed by atoms with van der Waals surface area (Å²) in [6, 6.07) is 25.8. The van der Waals surface area contributed by atoms with Gasteiger partial charge in [0.15, 0.2) is 6.10 Å². The standard InChI is InChI=1S/C24H25NO2/c1-17(2)22-11-7-8-12-23(22)25-24(26)18(3)27-21-15-13-20(14-16-21)19-9-5-4-6-10-19/h4-18H,1-3H3,(H,25,26). The van der Waals surface area contributed by atoms with E-state index in [-0.39, 0.29) is 5.91 Å². The average Bonchev–Trinajstić information content (AvgIpc) is 2.69. The molecule has 0 saturated heterocycles. The topological polar surface area (TPSA) is 38.3 Å². The molecule has 0 spiro atoms. The number of para-hydroxylation sites is 1. The molecule has 3 aromatic rings. The van der Waals surface area contributed by atoms with Crippen molar-refractivity contribution >= 4 is 11.6 Å². The number of ether oxygens (including phenoxy) is 1. The fourth-order valence-corrected chi connectivity index (χ4v) is 2.96. The minimum atomic E-state index is -0.590. The van der Waals surface area contributed by atoms with Crippen LogP contribution in [0.1, 0.15) is 32.3 Å². The normalized spacial score (nSPS) is 11.9. The highest BCUT2D eigenvalue weighted by atomic mass is 16.5. The highest BCUT2D eigenvalue weighted by Gasteiger charge is 2.17. The van der Waals surface area contributed by atoms with Gasteiger partial charge in [-0.15, -0.1) is 0 Å². The molecule has 27 heavy (non-hydrogen) atoms. The molecule has 0 aliphatic heterocycles. The van der Waals surface area contributed by atoms with Gasteiger partial charge in [-0.2, -0.15) is 0 Å². The average molecular weight is 359 g/mol. The van der Waals surface area contributed by atoms with Gasteiger partial charge in [0.25, 0.3) is 5.91 Å². The summed E-state index contributed by atoms with van der Waals surface area (Å²) in [5.41, 5.74) is 4.23. The smallest absolute Gasteiger partial charge is 0.265 e. The SMILES string of the molecule is CC(Oc1ccc(-c2ccccc2)cc1)C(=O)Nc1ccccc1C(C)C. The minimum Gasteiger partial charge on any atom is -0.481 e. The lowest BCUT2D eigenvalue weighted by molar-refractivity contribution is -0.122. The van der Waals surface area contributed by atoms with Crippen molar-refractivity contribution in [2.24, 2.45) is 0 Å². The van der Waals surface area contributed by atoms with Crippen molar-refractivity contribution < 1.29 is 9.53 Å². The molecule has 138 valence electrons. The van der Waals surface area contributed by atoms with Crippen LogP contribution in [0.15, 0.2) is 78.9 Å². The number of carbonyl (C=O) groups excluding carboxylic acids is 1. The van der Waals surface area contributed by atoms with Gasteiger partial charge in [-0.3, -0.25) is 4.79 Å². The molecule has 0 fully saturated rings. The van der Waals surface area contributed by atoms with Gasteiger partial charge in [-0.25, -0.2) is 0 Å². The Labute approximate surface area is 161 Å². The maximum atomic E-state index is 12.5. The lowest BCUT2D eigenvalue weighted by Gasteiger charge is -2.18. The van der Waals surface area contributed by atoms with Crippen molar-refractivity contribution in [1.82, 2.24) is 0 Å². The maximum Gasteiger partial charge on any atom is 0.265 e. The van der Waals surface area contributed by atoms with Crippen molar-refractivity contribution in [3.8, 4) is 16.9 Å². The van der Waals surface area contributed by atoms with E-state index in [1.54, 1.807) is 6.92 Å². The summed E-state index contributed by atoms with van der Waals surface area (Å²) in [6.45, 7) is 5.98. The van der Waals surface area contributed by atoms with Crippen LogP contribution in [0, 0.1) is 0 Å². The molecule has 0 aliphatic carbocycles. The fraction of sp³-hybridized carbons (Fsp3) is 0.208. The van der Waals surface area contributed by atoms with Crippen LogP contribution in [-0.4, -0.2) is 12.0 Å². The van der Waals surface area contributed by atoms with Gasteiger partial charge in [0, 0.05) is 5.69 Å². The number of anilines is 1. The number of hydrogen-bond donors (Lipinski definition) is 1. The molecule has 3 heteroatoms. The summed E-state index contributed by atoms with van der Waals surface area (Å²) in [5, 5.41) is 2.99. The van der Waals surface area contributed by atoms with Crippen molar-refractivity contribution in [1.29, 1.82) is 0 Å². The summed E-state index contributed by atoms with van der Waals surface area (Å²) in [6.07, 6.45) is -0.590. The first-order chi connectivity index (χ1) is 13.0. The van der Waals surface area contributed by atoms with Crippen LogP contribution in [0.5, 0.6) is 5.75 Å². The molecule has 0 heterocycles. The predicted molar refractivity (Wildman–Crippen MR) is 111 cm³/mol. The number of nitrogens with one attached hydrogen (secondary N) is 1. The van der Waals surface area contributed by atoms with E-state index in [4.69, 9.17) is 4.74 Å². The Morgan fingerprint density at radius 1 is 0.778 bits per heavy atom. The van der Waals surface area contributed by atoms with Crippen molar-refractivity contribution in [2.75, 3.05) is 5.32 Å². The molecule has 0 bridgehead atoms. The van der Waals surface area contributed by atoms with E-state index in [1.807, 2.05) is 66.7 Å². The highest BCUT2D eigenvalue weighted by Crippen LogP contribution is 2.25. The lowest BCUT2D eigenvalue weighted by Crippen LogP contribution is -2.30. The molecule has 3 nitrogen and oxygen atoms in total. The van der Waals surface area contributed by atoms with E-state index < -0.39 is 6.10 Å². The summed E-state index contributed by atoms with van der Waals surface area (Å²) >= 11 is 0. The molecule has 0 radical (unpaired) electrons. The monoisotopic (exact) mass is 359 g/mol.